The monoisotopic (exact) mass is 481 g/mol. The first-order valence-corrected chi connectivity index (χ1v) is 12.0. The maximum absolute atomic E-state index is 13.1. The molecule has 1 saturated heterocycles. The standard InChI is InChI=1S/C27H35N3O5/c1-34-18-6-15-28-27(33)25(29-26(32)22-9-11-23(35-2)12-10-22)21-13-16-30(17-14-21)24(31)19-20-7-4-3-5-8-20/h3-5,7-12,21,25H,6,13-19H2,1-2H3,(H,28,33)(H,29,32). The predicted octanol–water partition coefficient (Wildman–Crippen LogP) is 2.43. The van der Waals surface area contributed by atoms with Crippen molar-refractivity contribution in [2.75, 3.05) is 40.5 Å². The lowest BCUT2D eigenvalue weighted by Gasteiger charge is -2.36. The van der Waals surface area contributed by atoms with E-state index in [0.29, 0.717) is 63.2 Å². The summed E-state index contributed by atoms with van der Waals surface area (Å²) in [6, 6.07) is 15.8. The molecule has 3 amide bonds. The van der Waals surface area contributed by atoms with Gasteiger partial charge in [0.25, 0.3) is 5.91 Å². The maximum atomic E-state index is 13.1. The Morgan fingerprint density at radius 3 is 2.31 bits per heavy atom. The van der Waals surface area contributed by atoms with Crippen LogP contribution in [0.2, 0.25) is 0 Å². The minimum absolute atomic E-state index is 0.0691. The van der Waals surface area contributed by atoms with Gasteiger partial charge in [0.2, 0.25) is 11.8 Å². The Bertz CT molecular complexity index is 957. The Labute approximate surface area is 207 Å². The number of carbonyl (C=O) groups is 3. The fraction of sp³-hybridized carbons (Fsp3) is 0.444. The van der Waals surface area contributed by atoms with E-state index in [1.165, 1.54) is 0 Å². The van der Waals surface area contributed by atoms with Gasteiger partial charge < -0.3 is 25.0 Å². The number of nitrogens with zero attached hydrogens (tertiary/aromatic N) is 1. The van der Waals surface area contributed by atoms with Crippen LogP contribution in [0.1, 0.15) is 35.2 Å². The molecule has 1 aliphatic heterocycles. The molecule has 1 atom stereocenters. The number of ether oxygens (including phenoxy) is 2. The first-order chi connectivity index (χ1) is 17.0. The highest BCUT2D eigenvalue weighted by molar-refractivity contribution is 5.97. The molecule has 2 aromatic rings. The van der Waals surface area contributed by atoms with Gasteiger partial charge >= 0.3 is 0 Å². The van der Waals surface area contributed by atoms with Crippen molar-refractivity contribution in [3.63, 3.8) is 0 Å². The van der Waals surface area contributed by atoms with Gasteiger partial charge in [-0.1, -0.05) is 30.3 Å². The van der Waals surface area contributed by atoms with Gasteiger partial charge in [0.05, 0.1) is 13.5 Å². The second-order valence-electron chi connectivity index (χ2n) is 8.70. The predicted molar refractivity (Wildman–Crippen MR) is 133 cm³/mol. The third kappa shape index (κ3) is 7.82. The fourth-order valence-corrected chi connectivity index (χ4v) is 4.27. The Hall–Kier alpha value is -3.39. The van der Waals surface area contributed by atoms with E-state index < -0.39 is 6.04 Å². The highest BCUT2D eigenvalue weighted by Crippen LogP contribution is 2.23. The molecule has 0 aromatic heterocycles. The number of piperidine rings is 1. The maximum Gasteiger partial charge on any atom is 0.251 e. The van der Waals surface area contributed by atoms with Crippen LogP contribution in [-0.2, 0) is 20.7 Å². The van der Waals surface area contributed by atoms with Crippen LogP contribution in [0.15, 0.2) is 54.6 Å². The summed E-state index contributed by atoms with van der Waals surface area (Å²) in [5.74, 6) is 0.142. The van der Waals surface area contributed by atoms with E-state index in [-0.39, 0.29) is 23.6 Å². The highest BCUT2D eigenvalue weighted by atomic mass is 16.5. The Morgan fingerprint density at radius 1 is 1.00 bits per heavy atom. The number of rotatable bonds is 11. The number of nitrogens with one attached hydrogen (secondary N) is 2. The van der Waals surface area contributed by atoms with Crippen molar-refractivity contribution < 1.29 is 23.9 Å². The summed E-state index contributed by atoms with van der Waals surface area (Å²) < 4.78 is 10.2. The van der Waals surface area contributed by atoms with Crippen LogP contribution in [0.25, 0.3) is 0 Å². The molecule has 0 bridgehead atoms. The van der Waals surface area contributed by atoms with Crippen LogP contribution in [0.3, 0.4) is 0 Å². The van der Waals surface area contributed by atoms with Crippen LogP contribution >= 0.6 is 0 Å². The first kappa shape index (κ1) is 26.2. The minimum Gasteiger partial charge on any atom is -0.497 e. The van der Waals surface area contributed by atoms with E-state index >= 15 is 0 Å². The summed E-state index contributed by atoms with van der Waals surface area (Å²) in [4.78, 5) is 40.6. The van der Waals surface area contributed by atoms with Gasteiger partial charge in [0.1, 0.15) is 11.8 Å². The van der Waals surface area contributed by atoms with Crippen molar-refractivity contribution >= 4 is 17.7 Å². The molecule has 8 nitrogen and oxygen atoms in total. The second-order valence-corrected chi connectivity index (χ2v) is 8.70. The Kier molecular flexibility index (Phi) is 10.1. The molecule has 0 saturated carbocycles. The molecular formula is C27H35N3O5. The Morgan fingerprint density at radius 2 is 1.69 bits per heavy atom. The lowest BCUT2D eigenvalue weighted by atomic mass is 9.88. The van der Waals surface area contributed by atoms with Gasteiger partial charge in [-0.05, 0) is 55.0 Å². The first-order valence-electron chi connectivity index (χ1n) is 12.0. The summed E-state index contributed by atoms with van der Waals surface area (Å²) in [5, 5.41) is 5.86. The number of carbonyl (C=O) groups excluding carboxylic acids is 3. The van der Waals surface area contributed by atoms with Crippen LogP contribution < -0.4 is 15.4 Å². The summed E-state index contributed by atoms with van der Waals surface area (Å²) in [7, 11) is 3.18. The third-order valence-corrected chi connectivity index (χ3v) is 6.31. The van der Waals surface area contributed by atoms with Gasteiger partial charge in [-0.3, -0.25) is 14.4 Å². The molecule has 1 aliphatic rings. The molecule has 0 spiro atoms. The highest BCUT2D eigenvalue weighted by Gasteiger charge is 2.34. The normalized spacial score (nSPS) is 14.7. The number of amides is 3. The molecule has 1 heterocycles. The third-order valence-electron chi connectivity index (χ3n) is 6.31. The van der Waals surface area contributed by atoms with Crippen molar-refractivity contribution in [1.82, 2.24) is 15.5 Å². The largest absolute Gasteiger partial charge is 0.497 e. The molecular weight excluding hydrogens is 446 g/mol. The van der Waals surface area contributed by atoms with Crippen molar-refractivity contribution in [1.29, 1.82) is 0 Å². The molecule has 8 heteroatoms. The molecule has 1 unspecified atom stereocenters. The zero-order chi connectivity index (χ0) is 25.0. The zero-order valence-corrected chi connectivity index (χ0v) is 20.5. The molecule has 2 N–H and O–H groups in total. The second kappa shape index (κ2) is 13.5. The van der Waals surface area contributed by atoms with E-state index in [4.69, 9.17) is 9.47 Å². The van der Waals surface area contributed by atoms with Crippen LogP contribution in [0.4, 0.5) is 0 Å². The zero-order valence-electron chi connectivity index (χ0n) is 20.5. The van der Waals surface area contributed by atoms with Gasteiger partial charge in [-0.2, -0.15) is 0 Å². The van der Waals surface area contributed by atoms with Crippen molar-refractivity contribution in [2.45, 2.75) is 31.7 Å². The lowest BCUT2D eigenvalue weighted by molar-refractivity contribution is -0.132. The molecule has 0 radical (unpaired) electrons. The lowest BCUT2D eigenvalue weighted by Crippen LogP contribution is -2.54. The van der Waals surface area contributed by atoms with Gasteiger partial charge in [-0.15, -0.1) is 0 Å². The number of methoxy groups -OCH3 is 2. The smallest absolute Gasteiger partial charge is 0.251 e. The summed E-state index contributed by atoms with van der Waals surface area (Å²) in [6.45, 7) is 2.13. The SMILES string of the molecule is COCCCNC(=O)C(NC(=O)c1ccc(OC)cc1)C1CCN(C(=O)Cc2ccccc2)CC1. The van der Waals surface area contributed by atoms with E-state index in [1.54, 1.807) is 38.5 Å². The number of hydrogen-bond donors (Lipinski definition) is 2. The summed E-state index contributed by atoms with van der Waals surface area (Å²) in [6.07, 6.45) is 2.33. The van der Waals surface area contributed by atoms with E-state index in [0.717, 1.165) is 5.56 Å². The van der Waals surface area contributed by atoms with Crippen LogP contribution in [-0.4, -0.2) is 69.1 Å². The van der Waals surface area contributed by atoms with Gasteiger partial charge in [-0.25, -0.2) is 0 Å². The molecule has 2 aromatic carbocycles. The molecule has 3 rings (SSSR count). The van der Waals surface area contributed by atoms with Crippen molar-refractivity contribution in [3.8, 4) is 5.75 Å². The fourth-order valence-electron chi connectivity index (χ4n) is 4.27. The quantitative estimate of drug-likeness (QED) is 0.481. The van der Waals surface area contributed by atoms with Crippen LogP contribution in [0.5, 0.6) is 5.75 Å². The average molecular weight is 482 g/mol. The van der Waals surface area contributed by atoms with E-state index in [2.05, 4.69) is 10.6 Å². The van der Waals surface area contributed by atoms with E-state index in [1.807, 2.05) is 35.2 Å². The number of hydrogen-bond acceptors (Lipinski definition) is 5. The van der Waals surface area contributed by atoms with Crippen LogP contribution in [0, 0.1) is 5.92 Å². The minimum atomic E-state index is -0.682. The molecule has 35 heavy (non-hydrogen) atoms. The summed E-state index contributed by atoms with van der Waals surface area (Å²) in [5.41, 5.74) is 1.44. The van der Waals surface area contributed by atoms with Gasteiger partial charge in [0, 0.05) is 38.9 Å². The van der Waals surface area contributed by atoms with Crippen molar-refractivity contribution in [3.05, 3.63) is 65.7 Å². The molecule has 0 aliphatic carbocycles. The topological polar surface area (TPSA) is 97.0 Å². The summed E-state index contributed by atoms with van der Waals surface area (Å²) >= 11 is 0. The average Bonchev–Trinajstić information content (AvgIpc) is 2.90. The van der Waals surface area contributed by atoms with E-state index in [9.17, 15) is 14.4 Å². The molecule has 1 fully saturated rings. The number of benzene rings is 2. The Balaban J connectivity index is 1.62. The molecule has 188 valence electrons. The van der Waals surface area contributed by atoms with Gasteiger partial charge in [0.15, 0.2) is 0 Å². The number of likely N-dealkylation sites (tertiary alicyclic amines) is 1. The van der Waals surface area contributed by atoms with Crippen molar-refractivity contribution in [2.24, 2.45) is 5.92 Å².